The molecule has 1 aliphatic heterocycles. The number of nitrogens with one attached hydrogen (secondary N) is 1. The number of carbonyl (C=O) groups excluding carboxylic acids is 2. The molecular formula is C23H26ClN3O2. The molecule has 1 unspecified atom stereocenters. The average Bonchev–Trinajstić information content (AvgIpc) is 2.74. The Morgan fingerprint density at radius 2 is 1.69 bits per heavy atom. The number of rotatable bonds is 6. The number of hydrogen-bond donors (Lipinski definition) is 1. The highest BCUT2D eigenvalue weighted by atomic mass is 35.5. The predicted octanol–water partition coefficient (Wildman–Crippen LogP) is 3.20. The number of hydrogen-bond acceptors (Lipinski definition) is 3. The maximum atomic E-state index is 12.7. The van der Waals surface area contributed by atoms with Crippen molar-refractivity contribution in [1.82, 2.24) is 15.1 Å². The molecule has 6 heteroatoms. The fraction of sp³-hybridized carbons (Fsp3) is 0.304. The van der Waals surface area contributed by atoms with Crippen molar-refractivity contribution in [1.29, 1.82) is 0 Å². The van der Waals surface area contributed by atoms with Crippen molar-refractivity contribution in [3.8, 4) is 0 Å². The predicted molar refractivity (Wildman–Crippen MR) is 116 cm³/mol. The Bertz CT molecular complexity index is 844. The molecule has 1 atom stereocenters. The monoisotopic (exact) mass is 411 g/mol. The summed E-state index contributed by atoms with van der Waals surface area (Å²) in [5.74, 6) is -0.311. The molecule has 152 valence electrons. The quantitative estimate of drug-likeness (QED) is 0.742. The lowest BCUT2D eigenvalue weighted by atomic mass is 10.2. The minimum Gasteiger partial charge on any atom is -0.341 e. The molecule has 0 aliphatic carbocycles. The maximum Gasteiger partial charge on any atom is 0.244 e. The Morgan fingerprint density at radius 1 is 1.03 bits per heavy atom. The van der Waals surface area contributed by atoms with E-state index in [0.29, 0.717) is 13.1 Å². The van der Waals surface area contributed by atoms with Gasteiger partial charge in [0.1, 0.15) is 6.04 Å². The van der Waals surface area contributed by atoms with Gasteiger partial charge >= 0.3 is 0 Å². The van der Waals surface area contributed by atoms with Gasteiger partial charge in [0.15, 0.2) is 0 Å². The zero-order chi connectivity index (χ0) is 20.6. The number of nitrogens with zero attached hydrogens (tertiary/aromatic N) is 2. The van der Waals surface area contributed by atoms with Crippen molar-refractivity contribution in [2.45, 2.75) is 19.5 Å². The van der Waals surface area contributed by atoms with E-state index in [2.05, 4.69) is 10.2 Å². The minimum atomic E-state index is -0.550. The van der Waals surface area contributed by atoms with Gasteiger partial charge < -0.3 is 10.2 Å². The normalized spacial score (nSPS) is 16.0. The Kier molecular flexibility index (Phi) is 7.44. The molecule has 1 heterocycles. The van der Waals surface area contributed by atoms with Crippen molar-refractivity contribution in [3.05, 3.63) is 76.8 Å². The summed E-state index contributed by atoms with van der Waals surface area (Å²) in [6.45, 7) is 5.51. The second-order valence-corrected chi connectivity index (χ2v) is 7.64. The van der Waals surface area contributed by atoms with E-state index in [1.54, 1.807) is 13.0 Å². The van der Waals surface area contributed by atoms with Gasteiger partial charge in [-0.25, -0.2) is 0 Å². The van der Waals surface area contributed by atoms with Crippen LogP contribution in [0.4, 0.5) is 0 Å². The minimum absolute atomic E-state index is 0.0439. The molecule has 0 aromatic heterocycles. The lowest BCUT2D eigenvalue weighted by Crippen LogP contribution is -2.53. The largest absolute Gasteiger partial charge is 0.341 e. The van der Waals surface area contributed by atoms with Gasteiger partial charge in [0.2, 0.25) is 11.8 Å². The summed E-state index contributed by atoms with van der Waals surface area (Å²) in [5, 5.41) is 3.50. The molecule has 2 aromatic rings. The van der Waals surface area contributed by atoms with Gasteiger partial charge in [-0.05, 0) is 36.3 Å². The van der Waals surface area contributed by atoms with E-state index in [0.717, 1.165) is 30.2 Å². The van der Waals surface area contributed by atoms with Crippen LogP contribution in [0.3, 0.4) is 0 Å². The lowest BCUT2D eigenvalue weighted by Gasteiger charge is -2.36. The molecule has 3 rings (SSSR count). The summed E-state index contributed by atoms with van der Waals surface area (Å²) in [6.07, 6.45) is 3.20. The summed E-state index contributed by atoms with van der Waals surface area (Å²) in [5.41, 5.74) is 2.15. The van der Waals surface area contributed by atoms with Crippen molar-refractivity contribution >= 4 is 29.5 Å². The third-order valence-electron chi connectivity index (χ3n) is 4.96. The maximum absolute atomic E-state index is 12.7. The summed E-state index contributed by atoms with van der Waals surface area (Å²) in [7, 11) is 0. The van der Waals surface area contributed by atoms with Gasteiger partial charge in [-0.1, -0.05) is 54.1 Å². The first-order valence-electron chi connectivity index (χ1n) is 9.80. The van der Waals surface area contributed by atoms with Crippen LogP contribution in [0.25, 0.3) is 6.08 Å². The van der Waals surface area contributed by atoms with Crippen LogP contribution in [0, 0.1) is 0 Å². The Labute approximate surface area is 177 Å². The van der Waals surface area contributed by atoms with Crippen LogP contribution in [0.5, 0.6) is 0 Å². The molecule has 0 radical (unpaired) electrons. The summed E-state index contributed by atoms with van der Waals surface area (Å²) in [6, 6.07) is 16.9. The first-order chi connectivity index (χ1) is 14.0. The number of piperazine rings is 1. The molecule has 2 aromatic carbocycles. The van der Waals surface area contributed by atoms with Crippen LogP contribution in [0.1, 0.15) is 18.1 Å². The summed E-state index contributed by atoms with van der Waals surface area (Å²) < 4.78 is 0. The highest BCUT2D eigenvalue weighted by Gasteiger charge is 2.25. The van der Waals surface area contributed by atoms with Crippen LogP contribution in [-0.4, -0.2) is 53.8 Å². The molecule has 2 amide bonds. The third-order valence-corrected chi connectivity index (χ3v) is 5.21. The molecule has 1 fully saturated rings. The van der Waals surface area contributed by atoms with E-state index < -0.39 is 6.04 Å². The highest BCUT2D eigenvalue weighted by molar-refractivity contribution is 6.30. The van der Waals surface area contributed by atoms with Gasteiger partial charge in [-0.3, -0.25) is 14.5 Å². The van der Waals surface area contributed by atoms with Gasteiger partial charge in [0, 0.05) is 43.8 Å². The Morgan fingerprint density at radius 3 is 2.34 bits per heavy atom. The van der Waals surface area contributed by atoms with Crippen LogP contribution in [-0.2, 0) is 16.1 Å². The second-order valence-electron chi connectivity index (χ2n) is 7.20. The number of benzene rings is 2. The third kappa shape index (κ3) is 6.44. The first-order valence-corrected chi connectivity index (χ1v) is 10.2. The molecule has 1 saturated heterocycles. The fourth-order valence-corrected chi connectivity index (χ4v) is 3.43. The highest BCUT2D eigenvalue weighted by Crippen LogP contribution is 2.13. The standard InChI is InChI=1S/C23H26ClN3O2/c1-18(25-22(28)12-9-19-5-3-2-4-6-19)23(29)27-15-13-26(14-16-27)17-20-7-10-21(24)11-8-20/h2-12,18H,13-17H2,1H3,(H,25,28)/b12-9+. The number of amides is 2. The molecular weight excluding hydrogens is 386 g/mol. The first kappa shape index (κ1) is 21.1. The van der Waals surface area contributed by atoms with E-state index in [-0.39, 0.29) is 11.8 Å². The van der Waals surface area contributed by atoms with E-state index in [1.807, 2.05) is 59.5 Å². The van der Waals surface area contributed by atoms with Crippen LogP contribution in [0.2, 0.25) is 5.02 Å². The van der Waals surface area contributed by atoms with Gasteiger partial charge in [0.25, 0.3) is 0 Å². The summed E-state index contributed by atoms with van der Waals surface area (Å²) in [4.78, 5) is 28.9. The molecule has 0 spiro atoms. The van der Waals surface area contributed by atoms with E-state index >= 15 is 0 Å². The van der Waals surface area contributed by atoms with E-state index in [1.165, 1.54) is 11.6 Å². The number of halogens is 1. The van der Waals surface area contributed by atoms with Gasteiger partial charge in [-0.2, -0.15) is 0 Å². The molecule has 5 nitrogen and oxygen atoms in total. The Hall–Kier alpha value is -2.63. The SMILES string of the molecule is CC(NC(=O)/C=C/c1ccccc1)C(=O)N1CCN(Cc2ccc(Cl)cc2)CC1. The van der Waals surface area contributed by atoms with Crippen molar-refractivity contribution < 1.29 is 9.59 Å². The Balaban J connectivity index is 1.44. The van der Waals surface area contributed by atoms with Crippen molar-refractivity contribution in [2.75, 3.05) is 26.2 Å². The van der Waals surface area contributed by atoms with Crippen molar-refractivity contribution in [2.24, 2.45) is 0 Å². The summed E-state index contributed by atoms with van der Waals surface area (Å²) >= 11 is 5.93. The zero-order valence-electron chi connectivity index (χ0n) is 16.6. The zero-order valence-corrected chi connectivity index (χ0v) is 17.3. The molecule has 0 bridgehead atoms. The number of carbonyl (C=O) groups is 2. The lowest BCUT2D eigenvalue weighted by molar-refractivity contribution is -0.136. The van der Waals surface area contributed by atoms with E-state index in [4.69, 9.17) is 11.6 Å². The van der Waals surface area contributed by atoms with E-state index in [9.17, 15) is 9.59 Å². The molecule has 1 N–H and O–H groups in total. The fourth-order valence-electron chi connectivity index (χ4n) is 3.31. The van der Waals surface area contributed by atoms with Gasteiger partial charge in [0.05, 0.1) is 0 Å². The molecule has 1 aliphatic rings. The second kappa shape index (κ2) is 10.2. The van der Waals surface area contributed by atoms with Crippen molar-refractivity contribution in [3.63, 3.8) is 0 Å². The van der Waals surface area contributed by atoms with Crippen LogP contribution >= 0.6 is 11.6 Å². The molecule has 29 heavy (non-hydrogen) atoms. The molecule has 0 saturated carbocycles. The van der Waals surface area contributed by atoms with Crippen LogP contribution in [0.15, 0.2) is 60.7 Å². The van der Waals surface area contributed by atoms with Crippen LogP contribution < -0.4 is 5.32 Å². The smallest absolute Gasteiger partial charge is 0.244 e. The average molecular weight is 412 g/mol. The van der Waals surface area contributed by atoms with Gasteiger partial charge in [-0.15, -0.1) is 0 Å². The topological polar surface area (TPSA) is 52.7 Å².